The molecule has 1 heteroatoms. The van der Waals surface area contributed by atoms with Crippen molar-refractivity contribution in [2.45, 2.75) is 85.7 Å². The Morgan fingerprint density at radius 1 is 0.765 bits per heavy atom. The highest BCUT2D eigenvalue weighted by Gasteiger charge is 2.09. The van der Waals surface area contributed by atoms with Gasteiger partial charge < -0.3 is 5.11 Å². The van der Waals surface area contributed by atoms with Crippen molar-refractivity contribution in [2.75, 3.05) is 0 Å². The lowest BCUT2D eigenvalue weighted by Crippen LogP contribution is -2.13. The highest BCUT2D eigenvalue weighted by atomic mass is 16.3. The molecule has 0 spiro atoms. The van der Waals surface area contributed by atoms with Gasteiger partial charge in [0.25, 0.3) is 0 Å². The molecule has 0 amide bonds. The Bertz CT molecular complexity index is 165. The molecule has 0 radical (unpaired) electrons. The Labute approximate surface area is 109 Å². The van der Waals surface area contributed by atoms with Gasteiger partial charge in [0.05, 0.1) is 6.10 Å². The van der Waals surface area contributed by atoms with Crippen molar-refractivity contribution in [3.63, 3.8) is 0 Å². The first-order valence-electron chi connectivity index (χ1n) is 7.65. The Morgan fingerprint density at radius 3 is 1.71 bits per heavy atom. The molecule has 0 bridgehead atoms. The minimum Gasteiger partial charge on any atom is -0.393 e. The van der Waals surface area contributed by atoms with Crippen molar-refractivity contribution in [3.8, 4) is 0 Å². The van der Waals surface area contributed by atoms with Gasteiger partial charge in [-0.1, -0.05) is 66.2 Å². The fraction of sp³-hybridized carbons (Fsp3) is 1.00. The van der Waals surface area contributed by atoms with Crippen LogP contribution in [0.2, 0.25) is 0 Å². The molecular formula is C16H34O. The average Bonchev–Trinajstić information content (AvgIpc) is 2.28. The van der Waals surface area contributed by atoms with Crippen molar-refractivity contribution in [2.24, 2.45) is 17.8 Å². The maximum absolute atomic E-state index is 9.42. The first kappa shape index (κ1) is 17.0. The van der Waals surface area contributed by atoms with Crippen LogP contribution < -0.4 is 0 Å². The third-order valence-electron chi connectivity index (χ3n) is 4.27. The van der Waals surface area contributed by atoms with Gasteiger partial charge in [-0.2, -0.15) is 0 Å². The Morgan fingerprint density at radius 2 is 1.24 bits per heavy atom. The van der Waals surface area contributed by atoms with Crippen LogP contribution in [0, 0.1) is 17.8 Å². The summed E-state index contributed by atoms with van der Waals surface area (Å²) in [5.41, 5.74) is 0. The van der Waals surface area contributed by atoms with E-state index in [-0.39, 0.29) is 6.10 Å². The second kappa shape index (κ2) is 9.94. The molecule has 0 saturated carbocycles. The second-order valence-electron chi connectivity index (χ2n) is 6.20. The van der Waals surface area contributed by atoms with E-state index >= 15 is 0 Å². The summed E-state index contributed by atoms with van der Waals surface area (Å²) in [5.74, 6) is 2.22. The van der Waals surface area contributed by atoms with Crippen LogP contribution >= 0.6 is 0 Å². The van der Waals surface area contributed by atoms with Crippen molar-refractivity contribution >= 4 is 0 Å². The average molecular weight is 242 g/mol. The molecule has 0 aliphatic carbocycles. The number of rotatable bonds is 10. The van der Waals surface area contributed by atoms with Gasteiger partial charge in [-0.15, -0.1) is 0 Å². The lowest BCUT2D eigenvalue weighted by molar-refractivity contribution is 0.127. The summed E-state index contributed by atoms with van der Waals surface area (Å²) in [5, 5.41) is 9.42. The van der Waals surface area contributed by atoms with Crippen LogP contribution in [0.5, 0.6) is 0 Å². The first-order chi connectivity index (χ1) is 7.97. The van der Waals surface area contributed by atoms with Gasteiger partial charge in [0, 0.05) is 0 Å². The molecule has 1 nitrogen and oxygen atoms in total. The zero-order valence-corrected chi connectivity index (χ0v) is 12.7. The highest BCUT2D eigenvalue weighted by Crippen LogP contribution is 2.20. The van der Waals surface area contributed by atoms with Crippen molar-refractivity contribution in [3.05, 3.63) is 0 Å². The summed E-state index contributed by atoms with van der Waals surface area (Å²) in [6.45, 7) is 11.1. The van der Waals surface area contributed by atoms with Gasteiger partial charge >= 0.3 is 0 Å². The minimum absolute atomic E-state index is 0.143. The maximum Gasteiger partial charge on any atom is 0.0537 e. The quantitative estimate of drug-likeness (QED) is 0.570. The van der Waals surface area contributed by atoms with Gasteiger partial charge in [-0.05, 0) is 31.1 Å². The van der Waals surface area contributed by atoms with Crippen LogP contribution in [0.3, 0.4) is 0 Å². The minimum atomic E-state index is -0.143. The molecule has 0 heterocycles. The number of hydrogen-bond acceptors (Lipinski definition) is 1. The van der Waals surface area contributed by atoms with E-state index in [0.717, 1.165) is 11.8 Å². The number of aliphatic hydroxyl groups is 1. The van der Waals surface area contributed by atoms with Crippen LogP contribution in [0.15, 0.2) is 0 Å². The predicted molar refractivity (Wildman–Crippen MR) is 77.2 cm³/mol. The summed E-state index contributed by atoms with van der Waals surface area (Å²) in [6.07, 6.45) is 9.12. The molecule has 4 atom stereocenters. The van der Waals surface area contributed by atoms with E-state index < -0.39 is 0 Å². The summed E-state index contributed by atoms with van der Waals surface area (Å²) in [4.78, 5) is 0. The standard InChI is InChI=1S/C16H34O/c1-6-13(2)9-7-10-14(3)11-8-12-15(4)16(5)17/h13-17H,6-12H2,1-5H3/t13?,14?,15-,16-/m0/s1. The van der Waals surface area contributed by atoms with E-state index in [1.54, 1.807) is 0 Å². The predicted octanol–water partition coefficient (Wildman–Crippen LogP) is 5.03. The Balaban J connectivity index is 3.43. The zero-order valence-electron chi connectivity index (χ0n) is 12.7. The van der Waals surface area contributed by atoms with Crippen LogP contribution in [0.25, 0.3) is 0 Å². The SMILES string of the molecule is CCC(C)CCCC(C)CCC[C@H](C)[C@H](C)O. The van der Waals surface area contributed by atoms with E-state index in [4.69, 9.17) is 0 Å². The molecule has 0 fully saturated rings. The summed E-state index contributed by atoms with van der Waals surface area (Å²) in [6, 6.07) is 0. The molecule has 0 aliphatic rings. The van der Waals surface area contributed by atoms with E-state index in [9.17, 15) is 5.11 Å². The molecule has 1 N–H and O–H groups in total. The van der Waals surface area contributed by atoms with Gasteiger partial charge in [-0.3, -0.25) is 0 Å². The topological polar surface area (TPSA) is 20.2 Å². The fourth-order valence-corrected chi connectivity index (χ4v) is 2.19. The molecule has 17 heavy (non-hydrogen) atoms. The van der Waals surface area contributed by atoms with Gasteiger partial charge in [0.2, 0.25) is 0 Å². The number of hydrogen-bond donors (Lipinski definition) is 1. The van der Waals surface area contributed by atoms with Crippen LogP contribution in [0.1, 0.15) is 79.6 Å². The smallest absolute Gasteiger partial charge is 0.0537 e. The zero-order chi connectivity index (χ0) is 13.3. The van der Waals surface area contributed by atoms with Crippen molar-refractivity contribution in [1.29, 1.82) is 0 Å². The first-order valence-corrected chi connectivity index (χ1v) is 7.65. The van der Waals surface area contributed by atoms with Gasteiger partial charge in [0.15, 0.2) is 0 Å². The second-order valence-corrected chi connectivity index (χ2v) is 6.20. The van der Waals surface area contributed by atoms with E-state index in [1.165, 1.54) is 44.9 Å². The fourth-order valence-electron chi connectivity index (χ4n) is 2.19. The van der Waals surface area contributed by atoms with Crippen LogP contribution in [-0.2, 0) is 0 Å². The maximum atomic E-state index is 9.42. The van der Waals surface area contributed by atoms with Crippen LogP contribution in [0.4, 0.5) is 0 Å². The van der Waals surface area contributed by atoms with E-state index in [2.05, 4.69) is 27.7 Å². The van der Waals surface area contributed by atoms with Gasteiger partial charge in [0.1, 0.15) is 0 Å². The summed E-state index contributed by atoms with van der Waals surface area (Å²) in [7, 11) is 0. The highest BCUT2D eigenvalue weighted by molar-refractivity contribution is 4.62. The Kier molecular flexibility index (Phi) is 9.91. The van der Waals surface area contributed by atoms with Crippen molar-refractivity contribution < 1.29 is 5.11 Å². The third-order valence-corrected chi connectivity index (χ3v) is 4.27. The normalized spacial score (nSPS) is 18.7. The molecule has 0 rings (SSSR count). The largest absolute Gasteiger partial charge is 0.393 e. The third kappa shape index (κ3) is 9.64. The molecular weight excluding hydrogens is 208 g/mol. The molecule has 104 valence electrons. The lowest BCUT2D eigenvalue weighted by Gasteiger charge is -2.16. The molecule has 0 aliphatic heterocycles. The summed E-state index contributed by atoms with van der Waals surface area (Å²) < 4.78 is 0. The molecule has 0 aromatic rings. The van der Waals surface area contributed by atoms with Crippen LogP contribution in [-0.4, -0.2) is 11.2 Å². The van der Waals surface area contributed by atoms with E-state index in [1.807, 2.05) is 6.92 Å². The lowest BCUT2D eigenvalue weighted by atomic mass is 9.91. The molecule has 0 aromatic heterocycles. The van der Waals surface area contributed by atoms with E-state index in [0.29, 0.717) is 5.92 Å². The summed E-state index contributed by atoms with van der Waals surface area (Å²) >= 11 is 0. The Hall–Kier alpha value is -0.0400. The molecule has 0 saturated heterocycles. The van der Waals surface area contributed by atoms with Gasteiger partial charge in [-0.25, -0.2) is 0 Å². The number of aliphatic hydroxyl groups excluding tert-OH is 1. The monoisotopic (exact) mass is 242 g/mol. The molecule has 2 unspecified atom stereocenters. The molecule has 0 aromatic carbocycles. The van der Waals surface area contributed by atoms with Crippen molar-refractivity contribution in [1.82, 2.24) is 0 Å².